The summed E-state index contributed by atoms with van der Waals surface area (Å²) in [6.45, 7) is 16.1. The maximum absolute atomic E-state index is 12.1. The van der Waals surface area contributed by atoms with Crippen LogP contribution in [-0.4, -0.2) is 37.2 Å². The maximum Gasteiger partial charge on any atom is 0.317 e. The van der Waals surface area contributed by atoms with Crippen LogP contribution in [0.15, 0.2) is 24.5 Å². The van der Waals surface area contributed by atoms with Crippen LogP contribution in [0.1, 0.15) is 46.5 Å². The van der Waals surface area contributed by atoms with Crippen molar-refractivity contribution in [1.82, 2.24) is 10.2 Å². The van der Waals surface area contributed by atoms with Crippen molar-refractivity contribution in [3.8, 4) is 0 Å². The molecule has 0 rings (SSSR count). The second-order valence-corrected chi connectivity index (χ2v) is 4.98. The van der Waals surface area contributed by atoms with Crippen molar-refractivity contribution in [2.45, 2.75) is 46.5 Å². The Kier molecular flexibility index (Phi) is 10.6. The van der Waals surface area contributed by atoms with Crippen LogP contribution >= 0.6 is 0 Å². The van der Waals surface area contributed by atoms with E-state index in [0.717, 1.165) is 44.3 Å². The highest BCUT2D eigenvalue weighted by Crippen LogP contribution is 2.04. The van der Waals surface area contributed by atoms with Crippen molar-refractivity contribution in [2.75, 3.05) is 26.2 Å². The average molecular weight is 282 g/mol. The van der Waals surface area contributed by atoms with Gasteiger partial charge in [-0.1, -0.05) is 39.8 Å². The molecule has 0 unspecified atom stereocenters. The van der Waals surface area contributed by atoms with Crippen LogP contribution in [0, 0.1) is 0 Å². The van der Waals surface area contributed by atoms with E-state index in [0.29, 0.717) is 18.9 Å². The molecule has 2 amide bonds. The average Bonchev–Trinajstić information content (AvgIpc) is 2.43. The zero-order valence-corrected chi connectivity index (χ0v) is 13.3. The van der Waals surface area contributed by atoms with Gasteiger partial charge in [-0.25, -0.2) is 4.79 Å². The van der Waals surface area contributed by atoms with Gasteiger partial charge in [0, 0.05) is 13.1 Å². The molecule has 0 bridgehead atoms. The van der Waals surface area contributed by atoms with Gasteiger partial charge in [-0.3, -0.25) is 0 Å². The van der Waals surface area contributed by atoms with Gasteiger partial charge in [-0.15, -0.1) is 0 Å². The summed E-state index contributed by atoms with van der Waals surface area (Å²) >= 11 is 0. The van der Waals surface area contributed by atoms with E-state index in [4.69, 9.17) is 4.74 Å². The molecule has 116 valence electrons. The highest BCUT2D eigenvalue weighted by molar-refractivity contribution is 5.74. The van der Waals surface area contributed by atoms with E-state index in [-0.39, 0.29) is 6.03 Å². The summed E-state index contributed by atoms with van der Waals surface area (Å²) in [6.07, 6.45) is 4.27. The number of nitrogens with zero attached hydrogens (tertiary/aromatic N) is 1. The Labute approximate surface area is 123 Å². The molecular formula is C16H30N2O2. The van der Waals surface area contributed by atoms with Crippen LogP contribution in [0.4, 0.5) is 4.79 Å². The monoisotopic (exact) mass is 282 g/mol. The number of urea groups is 1. The van der Waals surface area contributed by atoms with Gasteiger partial charge in [0.15, 0.2) is 0 Å². The second kappa shape index (κ2) is 11.4. The number of carbonyl (C=O) groups excluding carboxylic acids is 1. The third kappa shape index (κ3) is 8.62. The minimum Gasteiger partial charge on any atom is -0.492 e. The fourth-order valence-corrected chi connectivity index (χ4v) is 1.58. The smallest absolute Gasteiger partial charge is 0.317 e. The molecule has 0 aromatic rings. The van der Waals surface area contributed by atoms with Gasteiger partial charge in [0.1, 0.15) is 12.4 Å². The first-order valence-corrected chi connectivity index (χ1v) is 7.53. The summed E-state index contributed by atoms with van der Waals surface area (Å²) in [6, 6.07) is -0.00330. The Morgan fingerprint density at radius 3 is 2.15 bits per heavy atom. The zero-order chi connectivity index (χ0) is 15.4. The van der Waals surface area contributed by atoms with E-state index in [2.05, 4.69) is 32.3 Å². The Balaban J connectivity index is 3.98. The number of unbranched alkanes of at least 4 members (excludes halogenated alkanes) is 2. The Bertz CT molecular complexity index is 306. The molecule has 0 atom stereocenters. The Morgan fingerprint density at radius 2 is 1.70 bits per heavy atom. The highest BCUT2D eigenvalue weighted by atomic mass is 16.5. The number of ether oxygens (including phenoxy) is 1. The molecule has 0 aliphatic rings. The van der Waals surface area contributed by atoms with E-state index >= 15 is 0 Å². The van der Waals surface area contributed by atoms with E-state index in [1.165, 1.54) is 0 Å². The maximum atomic E-state index is 12.1. The molecule has 0 spiro atoms. The number of hydrogen-bond acceptors (Lipinski definition) is 2. The van der Waals surface area contributed by atoms with Crippen LogP contribution in [-0.2, 0) is 4.74 Å². The summed E-state index contributed by atoms with van der Waals surface area (Å²) < 4.78 is 5.37. The summed E-state index contributed by atoms with van der Waals surface area (Å²) in [5.41, 5.74) is 0.809. The topological polar surface area (TPSA) is 41.6 Å². The van der Waals surface area contributed by atoms with Crippen LogP contribution in [0.5, 0.6) is 0 Å². The largest absolute Gasteiger partial charge is 0.492 e. The third-order valence-electron chi connectivity index (χ3n) is 2.98. The molecule has 1 N–H and O–H groups in total. The second-order valence-electron chi connectivity index (χ2n) is 4.98. The van der Waals surface area contributed by atoms with E-state index in [1.54, 1.807) is 0 Å². The van der Waals surface area contributed by atoms with Gasteiger partial charge in [-0.2, -0.15) is 0 Å². The fourth-order valence-electron chi connectivity index (χ4n) is 1.58. The number of allylic oxidation sites excluding steroid dienone is 1. The summed E-state index contributed by atoms with van der Waals surface area (Å²) in [5, 5.41) is 2.89. The lowest BCUT2D eigenvalue weighted by Gasteiger charge is -2.23. The Morgan fingerprint density at radius 1 is 1.15 bits per heavy atom. The van der Waals surface area contributed by atoms with Crippen molar-refractivity contribution in [3.05, 3.63) is 24.5 Å². The van der Waals surface area contributed by atoms with Gasteiger partial charge in [0.05, 0.1) is 6.54 Å². The Hall–Kier alpha value is -1.45. The van der Waals surface area contributed by atoms with E-state index < -0.39 is 0 Å². The molecule has 0 aromatic carbocycles. The molecule has 4 nitrogen and oxygen atoms in total. The zero-order valence-electron chi connectivity index (χ0n) is 13.3. The quantitative estimate of drug-likeness (QED) is 0.356. The normalized spacial score (nSPS) is 9.95. The molecule has 0 heterocycles. The molecular weight excluding hydrogens is 252 g/mol. The summed E-state index contributed by atoms with van der Waals surface area (Å²) in [5.74, 6) is 0.577. The molecule has 20 heavy (non-hydrogen) atoms. The van der Waals surface area contributed by atoms with Gasteiger partial charge in [0.25, 0.3) is 0 Å². The van der Waals surface area contributed by atoms with Crippen molar-refractivity contribution in [3.63, 3.8) is 0 Å². The van der Waals surface area contributed by atoms with Gasteiger partial charge in [-0.05, 0) is 25.3 Å². The number of nitrogens with one attached hydrogen (secondary N) is 1. The molecule has 0 fully saturated rings. The van der Waals surface area contributed by atoms with Crippen LogP contribution in [0.2, 0.25) is 0 Å². The number of amides is 2. The lowest BCUT2D eigenvalue weighted by atomic mass is 10.3. The van der Waals surface area contributed by atoms with E-state index in [9.17, 15) is 4.79 Å². The number of rotatable bonds is 11. The number of hydrogen-bond donors (Lipinski definition) is 1. The molecule has 0 aromatic heterocycles. The minimum atomic E-state index is -0.00330. The third-order valence-corrected chi connectivity index (χ3v) is 2.98. The predicted molar refractivity (Wildman–Crippen MR) is 84.7 cm³/mol. The van der Waals surface area contributed by atoms with Crippen LogP contribution in [0.25, 0.3) is 0 Å². The van der Waals surface area contributed by atoms with Gasteiger partial charge in [0.2, 0.25) is 0 Å². The minimum absolute atomic E-state index is 0.00330. The highest BCUT2D eigenvalue weighted by Gasteiger charge is 2.11. The predicted octanol–water partition coefficient (Wildman–Crippen LogP) is 3.70. The van der Waals surface area contributed by atoms with E-state index in [1.807, 2.05) is 11.8 Å². The standard InChI is InChI=1S/C16H30N2O2/c1-6-8-11-18(12-9-7-2)16(19)17-10-13-20-15(5)14(3)4/h3,5-13H2,1-2,4H3,(H,17,19). The first-order valence-electron chi connectivity index (χ1n) is 7.53. The lowest BCUT2D eigenvalue weighted by Crippen LogP contribution is -2.42. The van der Waals surface area contributed by atoms with Crippen molar-refractivity contribution in [2.24, 2.45) is 0 Å². The van der Waals surface area contributed by atoms with Crippen molar-refractivity contribution < 1.29 is 9.53 Å². The molecule has 0 aliphatic heterocycles. The molecule has 0 saturated carbocycles. The van der Waals surface area contributed by atoms with Crippen LogP contribution < -0.4 is 5.32 Å². The SMILES string of the molecule is C=C(C)C(=C)OCCNC(=O)N(CCCC)CCCC. The number of carbonyl (C=O) groups is 1. The van der Waals surface area contributed by atoms with Crippen LogP contribution in [0.3, 0.4) is 0 Å². The van der Waals surface area contributed by atoms with Crippen molar-refractivity contribution >= 4 is 6.03 Å². The molecule has 0 radical (unpaired) electrons. The van der Waals surface area contributed by atoms with Gasteiger partial charge < -0.3 is 15.0 Å². The molecule has 0 saturated heterocycles. The molecule has 0 aliphatic carbocycles. The first-order chi connectivity index (χ1) is 9.52. The summed E-state index contributed by atoms with van der Waals surface area (Å²) in [7, 11) is 0. The first kappa shape index (κ1) is 18.6. The fraction of sp³-hybridized carbons (Fsp3) is 0.688. The van der Waals surface area contributed by atoms with Crippen molar-refractivity contribution in [1.29, 1.82) is 0 Å². The van der Waals surface area contributed by atoms with Gasteiger partial charge >= 0.3 is 6.03 Å². The molecule has 4 heteroatoms. The summed E-state index contributed by atoms with van der Waals surface area (Å²) in [4.78, 5) is 13.9. The lowest BCUT2D eigenvalue weighted by molar-refractivity contribution is 0.185.